The minimum Gasteiger partial charge on any atom is -0.395 e. The lowest BCUT2D eigenvalue weighted by Gasteiger charge is -2.21. The quantitative estimate of drug-likeness (QED) is 0.788. The second-order valence-electron chi connectivity index (χ2n) is 3.96. The molecule has 0 aromatic carbocycles. The Balaban J connectivity index is 2.14. The summed E-state index contributed by atoms with van der Waals surface area (Å²) in [6, 6.07) is 4.02. The highest BCUT2D eigenvalue weighted by atomic mass is 16.3. The van der Waals surface area contributed by atoms with Crippen LogP contribution in [0.4, 0.5) is 0 Å². The fourth-order valence-electron chi connectivity index (χ4n) is 1.77. The number of aryl methyl sites for hydroxylation is 1. The number of amides is 1. The van der Waals surface area contributed by atoms with Crippen molar-refractivity contribution in [2.45, 2.75) is 18.9 Å². The molecule has 4 nitrogen and oxygen atoms in total. The van der Waals surface area contributed by atoms with E-state index in [4.69, 9.17) is 5.11 Å². The number of aromatic nitrogens is 1. The van der Waals surface area contributed by atoms with Gasteiger partial charge in [-0.3, -0.25) is 4.79 Å². The summed E-state index contributed by atoms with van der Waals surface area (Å²) in [6.45, 7) is 0.474. The van der Waals surface area contributed by atoms with Crippen molar-refractivity contribution in [1.82, 2.24) is 9.47 Å². The van der Waals surface area contributed by atoms with Gasteiger partial charge in [-0.05, 0) is 25.0 Å². The standard InChI is InChI=1S/C11H16N2O2/c1-12-6-2-3-10(12)11(15)13(7-8-14)9-4-5-9/h2-3,6,9,14H,4-5,7-8H2,1H3. The zero-order chi connectivity index (χ0) is 10.8. The summed E-state index contributed by atoms with van der Waals surface area (Å²) in [5.74, 6) is 0.0269. The zero-order valence-corrected chi connectivity index (χ0v) is 8.89. The van der Waals surface area contributed by atoms with E-state index >= 15 is 0 Å². The van der Waals surface area contributed by atoms with Gasteiger partial charge in [-0.15, -0.1) is 0 Å². The third kappa shape index (κ3) is 2.04. The molecular formula is C11H16N2O2. The molecule has 15 heavy (non-hydrogen) atoms. The second-order valence-corrected chi connectivity index (χ2v) is 3.96. The third-order valence-corrected chi connectivity index (χ3v) is 2.75. The van der Waals surface area contributed by atoms with Crippen molar-refractivity contribution in [1.29, 1.82) is 0 Å². The topological polar surface area (TPSA) is 45.5 Å². The molecule has 1 aliphatic rings. The van der Waals surface area contributed by atoms with Crippen molar-refractivity contribution in [3.63, 3.8) is 0 Å². The molecule has 1 aromatic rings. The van der Waals surface area contributed by atoms with Gasteiger partial charge < -0.3 is 14.6 Å². The first kappa shape index (κ1) is 10.2. The van der Waals surface area contributed by atoms with Gasteiger partial charge in [0.2, 0.25) is 0 Å². The van der Waals surface area contributed by atoms with E-state index in [0.29, 0.717) is 18.3 Å². The Bertz CT molecular complexity index is 355. The molecule has 0 atom stereocenters. The van der Waals surface area contributed by atoms with Crippen LogP contribution in [0.1, 0.15) is 23.3 Å². The van der Waals surface area contributed by atoms with Crippen molar-refractivity contribution in [3.05, 3.63) is 24.0 Å². The summed E-state index contributed by atoms with van der Waals surface area (Å²) in [7, 11) is 1.86. The normalized spacial score (nSPS) is 15.3. The number of carbonyl (C=O) groups excluding carboxylic acids is 1. The van der Waals surface area contributed by atoms with Gasteiger partial charge in [0.1, 0.15) is 5.69 Å². The van der Waals surface area contributed by atoms with Crippen LogP contribution >= 0.6 is 0 Å². The highest BCUT2D eigenvalue weighted by molar-refractivity contribution is 5.93. The Morgan fingerprint density at radius 3 is 2.87 bits per heavy atom. The number of carbonyl (C=O) groups is 1. The molecule has 0 radical (unpaired) electrons. The monoisotopic (exact) mass is 208 g/mol. The van der Waals surface area contributed by atoms with E-state index in [0.717, 1.165) is 12.8 Å². The zero-order valence-electron chi connectivity index (χ0n) is 8.89. The lowest BCUT2D eigenvalue weighted by atomic mass is 10.3. The van der Waals surface area contributed by atoms with E-state index in [1.807, 2.05) is 29.9 Å². The highest BCUT2D eigenvalue weighted by Crippen LogP contribution is 2.27. The minimum atomic E-state index is 0.0269. The number of hydrogen-bond acceptors (Lipinski definition) is 2. The number of aliphatic hydroxyl groups excluding tert-OH is 1. The Hall–Kier alpha value is -1.29. The predicted octanol–water partition coefficient (Wildman–Crippen LogP) is 0.622. The molecule has 1 amide bonds. The first-order valence-corrected chi connectivity index (χ1v) is 5.27. The number of aliphatic hydroxyl groups is 1. The van der Waals surface area contributed by atoms with E-state index in [-0.39, 0.29) is 12.5 Å². The maximum absolute atomic E-state index is 12.1. The number of hydrogen-bond donors (Lipinski definition) is 1. The summed E-state index contributed by atoms with van der Waals surface area (Å²) in [6.07, 6.45) is 3.99. The summed E-state index contributed by atoms with van der Waals surface area (Å²) in [5.41, 5.74) is 0.690. The summed E-state index contributed by atoms with van der Waals surface area (Å²) in [5, 5.41) is 8.93. The van der Waals surface area contributed by atoms with Crippen LogP contribution in [0.15, 0.2) is 18.3 Å². The molecule has 2 rings (SSSR count). The van der Waals surface area contributed by atoms with Crippen molar-refractivity contribution in [2.75, 3.05) is 13.2 Å². The fraction of sp³-hybridized carbons (Fsp3) is 0.545. The molecule has 1 N–H and O–H groups in total. The lowest BCUT2D eigenvalue weighted by Crippen LogP contribution is -2.36. The first-order chi connectivity index (χ1) is 7.24. The molecule has 1 aromatic heterocycles. The highest BCUT2D eigenvalue weighted by Gasteiger charge is 2.33. The maximum atomic E-state index is 12.1. The van der Waals surface area contributed by atoms with Crippen LogP contribution in [0.2, 0.25) is 0 Å². The van der Waals surface area contributed by atoms with Crippen molar-refractivity contribution in [3.8, 4) is 0 Å². The van der Waals surface area contributed by atoms with Gasteiger partial charge >= 0.3 is 0 Å². The Morgan fingerprint density at radius 1 is 1.67 bits per heavy atom. The number of rotatable bonds is 4. The average Bonchev–Trinajstić information content (AvgIpc) is 2.97. The molecule has 0 spiro atoms. The van der Waals surface area contributed by atoms with Crippen LogP contribution in [-0.4, -0.2) is 39.7 Å². The lowest BCUT2D eigenvalue weighted by molar-refractivity contribution is 0.0698. The molecule has 82 valence electrons. The smallest absolute Gasteiger partial charge is 0.270 e. The molecule has 0 unspecified atom stereocenters. The second kappa shape index (κ2) is 4.06. The summed E-state index contributed by atoms with van der Waals surface area (Å²) >= 11 is 0. The summed E-state index contributed by atoms with van der Waals surface area (Å²) < 4.78 is 1.81. The molecule has 0 saturated heterocycles. The van der Waals surface area contributed by atoms with Crippen molar-refractivity contribution >= 4 is 5.91 Å². The van der Waals surface area contributed by atoms with Crippen LogP contribution in [-0.2, 0) is 7.05 Å². The van der Waals surface area contributed by atoms with Gasteiger partial charge in [-0.1, -0.05) is 0 Å². The molecule has 0 bridgehead atoms. The van der Waals surface area contributed by atoms with E-state index in [9.17, 15) is 4.79 Å². The van der Waals surface area contributed by atoms with E-state index in [1.54, 1.807) is 4.90 Å². The van der Waals surface area contributed by atoms with Crippen LogP contribution < -0.4 is 0 Å². The Kier molecular flexibility index (Phi) is 2.77. The Labute approximate surface area is 89.1 Å². The average molecular weight is 208 g/mol. The maximum Gasteiger partial charge on any atom is 0.270 e. The first-order valence-electron chi connectivity index (χ1n) is 5.27. The molecular weight excluding hydrogens is 192 g/mol. The van der Waals surface area contributed by atoms with Crippen molar-refractivity contribution in [2.24, 2.45) is 7.05 Å². The van der Waals surface area contributed by atoms with Crippen molar-refractivity contribution < 1.29 is 9.90 Å². The van der Waals surface area contributed by atoms with Crippen LogP contribution in [0.25, 0.3) is 0 Å². The molecule has 1 heterocycles. The largest absolute Gasteiger partial charge is 0.395 e. The fourth-order valence-corrected chi connectivity index (χ4v) is 1.77. The minimum absolute atomic E-state index is 0.0269. The Morgan fingerprint density at radius 2 is 2.40 bits per heavy atom. The van der Waals surface area contributed by atoms with Gasteiger partial charge in [0.15, 0.2) is 0 Å². The molecule has 1 aliphatic carbocycles. The van der Waals surface area contributed by atoms with Crippen LogP contribution in [0, 0.1) is 0 Å². The molecule has 1 fully saturated rings. The van der Waals surface area contributed by atoms with Crippen LogP contribution in [0.3, 0.4) is 0 Å². The molecule has 4 heteroatoms. The van der Waals surface area contributed by atoms with E-state index in [1.165, 1.54) is 0 Å². The molecule has 0 aliphatic heterocycles. The van der Waals surface area contributed by atoms with E-state index in [2.05, 4.69) is 0 Å². The SMILES string of the molecule is Cn1cccc1C(=O)N(CCO)C1CC1. The van der Waals surface area contributed by atoms with Gasteiger partial charge in [-0.2, -0.15) is 0 Å². The number of nitrogens with zero attached hydrogens (tertiary/aromatic N) is 2. The van der Waals surface area contributed by atoms with Crippen LogP contribution in [0.5, 0.6) is 0 Å². The van der Waals surface area contributed by atoms with Gasteiger partial charge in [0.25, 0.3) is 5.91 Å². The van der Waals surface area contributed by atoms with Gasteiger partial charge in [0.05, 0.1) is 6.61 Å². The summed E-state index contributed by atoms with van der Waals surface area (Å²) in [4.78, 5) is 13.9. The molecule has 1 saturated carbocycles. The predicted molar refractivity (Wildman–Crippen MR) is 56.6 cm³/mol. The van der Waals surface area contributed by atoms with E-state index < -0.39 is 0 Å². The third-order valence-electron chi connectivity index (χ3n) is 2.75. The van der Waals surface area contributed by atoms with Gasteiger partial charge in [-0.25, -0.2) is 0 Å². The van der Waals surface area contributed by atoms with Gasteiger partial charge in [0, 0.05) is 25.8 Å².